The van der Waals surface area contributed by atoms with E-state index in [0.717, 1.165) is 15.9 Å². The maximum absolute atomic E-state index is 14.1. The van der Waals surface area contributed by atoms with Crippen LogP contribution in [0, 0.1) is 11.6 Å². The standard InChI is InChI=1S/C38H25F2P/c1-41(27-18-14-25(39)15-19-27,28-20-16-26(40)17-21-28)29-22-23-33-32-10-4-7-13-36(32)38(37(33)24-29)34-11-5-2-8-30(34)31-9-3-6-12-35(31)38/h2-24H,1H2. The fourth-order valence-corrected chi connectivity index (χ4v) is 10.0. The monoisotopic (exact) mass is 550 g/mol. The molecule has 0 aliphatic heterocycles. The van der Waals surface area contributed by atoms with E-state index < -0.39 is 12.3 Å². The molecule has 196 valence electrons. The fourth-order valence-electron chi connectivity index (χ4n) is 7.16. The van der Waals surface area contributed by atoms with Crippen molar-refractivity contribution in [2.45, 2.75) is 5.41 Å². The molecule has 6 aromatic rings. The van der Waals surface area contributed by atoms with Crippen LogP contribution in [0.25, 0.3) is 22.3 Å². The smallest absolute Gasteiger partial charge is 0.123 e. The number of rotatable bonds is 3. The Kier molecular flexibility index (Phi) is 5.18. The fraction of sp³-hybridized carbons (Fsp3) is 0.0263. The molecule has 0 amide bonds. The van der Waals surface area contributed by atoms with E-state index in [9.17, 15) is 8.78 Å². The molecule has 0 saturated heterocycles. The molecule has 0 heterocycles. The van der Waals surface area contributed by atoms with Gasteiger partial charge in [0.2, 0.25) is 0 Å². The van der Waals surface area contributed by atoms with E-state index >= 15 is 0 Å². The summed E-state index contributed by atoms with van der Waals surface area (Å²) in [6.07, 6.45) is 4.88. The van der Waals surface area contributed by atoms with Gasteiger partial charge in [-0.15, -0.1) is 0 Å². The summed E-state index contributed by atoms with van der Waals surface area (Å²) in [5, 5.41) is 2.97. The molecule has 0 unspecified atom stereocenters. The lowest BCUT2D eigenvalue weighted by Crippen LogP contribution is -2.29. The molecule has 0 saturated carbocycles. The topological polar surface area (TPSA) is 0 Å². The molecule has 41 heavy (non-hydrogen) atoms. The van der Waals surface area contributed by atoms with Gasteiger partial charge in [0.05, 0.1) is 5.41 Å². The second-order valence-corrected chi connectivity index (χ2v) is 14.0. The average Bonchev–Trinajstić information content (AvgIpc) is 3.48. The minimum Gasteiger partial charge on any atom is -0.207 e. The van der Waals surface area contributed by atoms with Crippen molar-refractivity contribution in [2.24, 2.45) is 0 Å². The lowest BCUT2D eigenvalue weighted by atomic mass is 9.70. The van der Waals surface area contributed by atoms with Crippen molar-refractivity contribution < 1.29 is 8.78 Å². The molecule has 0 radical (unpaired) electrons. The van der Waals surface area contributed by atoms with Crippen LogP contribution in [-0.2, 0) is 5.41 Å². The molecule has 6 aromatic carbocycles. The Morgan fingerprint density at radius 2 is 0.780 bits per heavy atom. The number of hydrogen-bond donors (Lipinski definition) is 0. The molecule has 1 spiro atoms. The molecule has 0 fully saturated rings. The van der Waals surface area contributed by atoms with Crippen LogP contribution in [0.15, 0.2) is 140 Å². The van der Waals surface area contributed by atoms with Gasteiger partial charge in [-0.1, -0.05) is 115 Å². The van der Waals surface area contributed by atoms with Gasteiger partial charge in [0, 0.05) is 0 Å². The highest BCUT2D eigenvalue weighted by atomic mass is 31.2. The number of benzene rings is 6. The van der Waals surface area contributed by atoms with Crippen molar-refractivity contribution in [3.05, 3.63) is 173 Å². The van der Waals surface area contributed by atoms with Gasteiger partial charge in [0.25, 0.3) is 0 Å². The molecule has 2 aliphatic rings. The van der Waals surface area contributed by atoms with Gasteiger partial charge in [-0.3, -0.25) is 0 Å². The summed E-state index contributed by atoms with van der Waals surface area (Å²) in [6, 6.07) is 46.2. The first kappa shape index (κ1) is 24.3. The maximum Gasteiger partial charge on any atom is 0.123 e. The highest BCUT2D eigenvalue weighted by molar-refractivity contribution is 7.93. The van der Waals surface area contributed by atoms with E-state index in [1.807, 2.05) is 24.3 Å². The molecule has 0 N–H and O–H groups in total. The Bertz CT molecular complexity index is 1920. The van der Waals surface area contributed by atoms with E-state index in [1.165, 1.54) is 68.8 Å². The Morgan fingerprint density at radius 3 is 1.22 bits per heavy atom. The summed E-state index contributed by atoms with van der Waals surface area (Å²) >= 11 is 0. The van der Waals surface area contributed by atoms with Crippen molar-refractivity contribution in [1.82, 2.24) is 0 Å². The van der Waals surface area contributed by atoms with E-state index in [2.05, 4.69) is 91.0 Å². The Balaban J connectivity index is 1.47. The first-order valence-corrected chi connectivity index (χ1v) is 15.7. The number of hydrogen-bond acceptors (Lipinski definition) is 0. The molecule has 2 aliphatic carbocycles. The zero-order chi connectivity index (χ0) is 27.8. The molecule has 8 rings (SSSR count). The van der Waals surface area contributed by atoms with Crippen LogP contribution in [0.5, 0.6) is 0 Å². The predicted molar refractivity (Wildman–Crippen MR) is 168 cm³/mol. The lowest BCUT2D eigenvalue weighted by molar-refractivity contribution is 0.628. The SMILES string of the molecule is C=P(c1ccc(F)cc1)(c1ccc(F)cc1)c1ccc2c(c1)C1(c3ccccc3-c3ccccc31)c1ccccc1-2. The van der Waals surface area contributed by atoms with Crippen molar-refractivity contribution in [1.29, 1.82) is 0 Å². The first-order chi connectivity index (χ1) is 20.0. The van der Waals surface area contributed by atoms with Crippen molar-refractivity contribution in [3.8, 4) is 22.3 Å². The van der Waals surface area contributed by atoms with Gasteiger partial charge in [0.1, 0.15) is 11.6 Å². The van der Waals surface area contributed by atoms with Gasteiger partial charge in [-0.2, -0.15) is 0 Å². The quantitative estimate of drug-likeness (QED) is 0.195. The molecule has 0 atom stereocenters. The maximum atomic E-state index is 14.1. The number of halogens is 2. The molecule has 3 heteroatoms. The van der Waals surface area contributed by atoms with Crippen molar-refractivity contribution in [2.75, 3.05) is 0 Å². The van der Waals surface area contributed by atoms with Crippen LogP contribution >= 0.6 is 6.89 Å². The van der Waals surface area contributed by atoms with Gasteiger partial charge < -0.3 is 0 Å². The van der Waals surface area contributed by atoms with E-state index in [0.29, 0.717) is 0 Å². The van der Waals surface area contributed by atoms with Crippen LogP contribution < -0.4 is 15.9 Å². The normalized spacial score (nSPS) is 13.9. The third-order valence-electron chi connectivity index (χ3n) is 8.96. The predicted octanol–water partition coefficient (Wildman–Crippen LogP) is 8.03. The van der Waals surface area contributed by atoms with E-state index in [-0.39, 0.29) is 11.6 Å². The van der Waals surface area contributed by atoms with Gasteiger partial charge in [0.15, 0.2) is 0 Å². The summed E-state index contributed by atoms with van der Waals surface area (Å²) in [6.45, 7) is -2.50. The van der Waals surface area contributed by atoms with Gasteiger partial charge >= 0.3 is 0 Å². The van der Waals surface area contributed by atoms with Crippen molar-refractivity contribution in [3.63, 3.8) is 0 Å². The Labute approximate surface area is 238 Å². The second kappa shape index (κ2) is 8.74. The zero-order valence-corrected chi connectivity index (χ0v) is 23.1. The minimum atomic E-state index is -2.50. The summed E-state index contributed by atoms with van der Waals surface area (Å²) < 4.78 is 28.2. The van der Waals surface area contributed by atoms with E-state index in [4.69, 9.17) is 6.30 Å². The highest BCUT2D eigenvalue weighted by Crippen LogP contribution is 2.63. The van der Waals surface area contributed by atoms with Gasteiger partial charge in [-0.25, -0.2) is 8.78 Å². The molecule has 0 aromatic heterocycles. The van der Waals surface area contributed by atoms with Crippen LogP contribution in [0.1, 0.15) is 22.3 Å². The van der Waals surface area contributed by atoms with Gasteiger partial charge in [-0.05, 0) is 97.6 Å². The molecular formula is C38H25F2P. The van der Waals surface area contributed by atoms with Crippen LogP contribution in [0.3, 0.4) is 0 Å². The second-order valence-electron chi connectivity index (χ2n) is 10.9. The van der Waals surface area contributed by atoms with Crippen molar-refractivity contribution >= 4 is 29.1 Å². The Hall–Kier alpha value is -4.52. The highest BCUT2D eigenvalue weighted by Gasteiger charge is 2.51. The summed E-state index contributed by atoms with van der Waals surface area (Å²) in [5.74, 6) is -0.580. The number of fused-ring (bicyclic) bond motifs is 10. The minimum absolute atomic E-state index is 0.290. The zero-order valence-electron chi connectivity index (χ0n) is 22.2. The van der Waals surface area contributed by atoms with Crippen LogP contribution in [0.4, 0.5) is 8.78 Å². The van der Waals surface area contributed by atoms with E-state index in [1.54, 1.807) is 0 Å². The molecule has 0 nitrogen and oxygen atoms in total. The summed E-state index contributed by atoms with van der Waals surface area (Å²) in [4.78, 5) is 0. The summed E-state index contributed by atoms with van der Waals surface area (Å²) in [7, 11) is 0. The Morgan fingerprint density at radius 1 is 0.415 bits per heavy atom. The molecule has 0 bridgehead atoms. The first-order valence-electron chi connectivity index (χ1n) is 13.7. The molecular weight excluding hydrogens is 525 g/mol. The largest absolute Gasteiger partial charge is 0.207 e. The van der Waals surface area contributed by atoms with Crippen LogP contribution in [0.2, 0.25) is 0 Å². The lowest BCUT2D eigenvalue weighted by Gasteiger charge is -2.32. The average molecular weight is 551 g/mol. The third kappa shape index (κ3) is 3.20. The van der Waals surface area contributed by atoms with Crippen LogP contribution in [-0.4, -0.2) is 6.30 Å². The summed E-state index contributed by atoms with van der Waals surface area (Å²) in [5.41, 5.74) is 9.55. The third-order valence-corrected chi connectivity index (χ3v) is 12.5.